The predicted molar refractivity (Wildman–Crippen MR) is 82.1 cm³/mol. The minimum atomic E-state index is -0.0634. The zero-order valence-corrected chi connectivity index (χ0v) is 13.8. The van der Waals surface area contributed by atoms with Crippen molar-refractivity contribution in [3.63, 3.8) is 0 Å². The van der Waals surface area contributed by atoms with Crippen LogP contribution in [0.5, 0.6) is 0 Å². The number of hydrazine groups is 1. The Balaban J connectivity index is 2.16. The summed E-state index contributed by atoms with van der Waals surface area (Å²) in [5.74, 6) is 5.80. The largest absolute Gasteiger partial charge is 0.373 e. The van der Waals surface area contributed by atoms with Crippen LogP contribution in [-0.4, -0.2) is 47.0 Å². The topological polar surface area (TPSA) is 68.3 Å². The van der Waals surface area contributed by atoms with Crippen molar-refractivity contribution < 1.29 is 4.74 Å². The number of hydrogen-bond acceptors (Lipinski definition) is 5. The molecule has 20 heavy (non-hydrogen) atoms. The van der Waals surface area contributed by atoms with Crippen LogP contribution < -0.4 is 11.3 Å². The number of nitrogens with zero attached hydrogens (tertiary/aromatic N) is 3. The van der Waals surface area contributed by atoms with Crippen LogP contribution in [0.15, 0.2) is 10.7 Å². The highest BCUT2D eigenvalue weighted by Gasteiger charge is 2.31. The molecule has 7 heteroatoms. The maximum absolute atomic E-state index is 5.94. The molecule has 2 atom stereocenters. The first-order valence-electron chi connectivity index (χ1n) is 7.22. The molecule has 0 aromatic carbocycles. The van der Waals surface area contributed by atoms with E-state index in [0.717, 1.165) is 49.4 Å². The Morgan fingerprint density at radius 1 is 1.60 bits per heavy atom. The molecule has 114 valence electrons. The fraction of sp³-hybridized carbons (Fsp3) is 0.769. The second-order valence-corrected chi connectivity index (χ2v) is 5.90. The fourth-order valence-electron chi connectivity index (χ4n) is 2.75. The van der Waals surface area contributed by atoms with Gasteiger partial charge in [0.15, 0.2) is 0 Å². The minimum Gasteiger partial charge on any atom is -0.373 e. The summed E-state index contributed by atoms with van der Waals surface area (Å²) in [6.45, 7) is 8.82. The van der Waals surface area contributed by atoms with E-state index < -0.39 is 0 Å². The fourth-order valence-corrected chi connectivity index (χ4v) is 3.29. The van der Waals surface area contributed by atoms with Crippen LogP contribution >= 0.6 is 15.9 Å². The number of nitrogens with one attached hydrogen (secondary N) is 1. The molecule has 0 bridgehead atoms. The van der Waals surface area contributed by atoms with Crippen molar-refractivity contribution in [2.24, 2.45) is 5.84 Å². The third-order valence-electron chi connectivity index (χ3n) is 3.70. The highest BCUT2D eigenvalue weighted by molar-refractivity contribution is 9.10. The molecule has 0 aliphatic carbocycles. The number of morpholine rings is 1. The highest BCUT2D eigenvalue weighted by atomic mass is 79.9. The summed E-state index contributed by atoms with van der Waals surface area (Å²) in [4.78, 5) is 2.43. The van der Waals surface area contributed by atoms with Gasteiger partial charge >= 0.3 is 0 Å². The Kier molecular flexibility index (Phi) is 5.98. The molecule has 1 aromatic rings. The third kappa shape index (κ3) is 3.40. The first-order chi connectivity index (χ1) is 9.71. The molecule has 1 fully saturated rings. The molecule has 2 heterocycles. The number of aromatic nitrogens is 2. The molecule has 2 rings (SSSR count). The van der Waals surface area contributed by atoms with E-state index in [1.807, 2.05) is 10.9 Å². The molecular weight excluding hydrogens is 322 g/mol. The monoisotopic (exact) mass is 345 g/mol. The molecule has 0 amide bonds. The van der Waals surface area contributed by atoms with Gasteiger partial charge in [0, 0.05) is 19.6 Å². The predicted octanol–water partition coefficient (Wildman–Crippen LogP) is 1.28. The van der Waals surface area contributed by atoms with E-state index in [4.69, 9.17) is 10.6 Å². The first kappa shape index (κ1) is 15.9. The molecule has 2 unspecified atom stereocenters. The van der Waals surface area contributed by atoms with E-state index in [1.54, 1.807) is 0 Å². The summed E-state index contributed by atoms with van der Waals surface area (Å²) >= 11 is 3.56. The van der Waals surface area contributed by atoms with E-state index >= 15 is 0 Å². The normalized spacial score (nSPS) is 22.1. The van der Waals surface area contributed by atoms with Gasteiger partial charge in [-0.2, -0.15) is 5.10 Å². The maximum Gasteiger partial charge on any atom is 0.0925 e. The van der Waals surface area contributed by atoms with Gasteiger partial charge in [0.25, 0.3) is 0 Å². The summed E-state index contributed by atoms with van der Waals surface area (Å²) in [7, 11) is 0. The Morgan fingerprint density at radius 3 is 3.05 bits per heavy atom. The molecule has 6 nitrogen and oxygen atoms in total. The van der Waals surface area contributed by atoms with Gasteiger partial charge in [0.2, 0.25) is 0 Å². The molecule has 0 radical (unpaired) electrons. The summed E-state index contributed by atoms with van der Waals surface area (Å²) in [6.07, 6.45) is 3.01. The first-order valence-corrected chi connectivity index (χ1v) is 8.01. The minimum absolute atomic E-state index is 0.0404. The Bertz CT molecular complexity index is 423. The lowest BCUT2D eigenvalue weighted by Gasteiger charge is -2.36. The van der Waals surface area contributed by atoms with Crippen molar-refractivity contribution in [1.82, 2.24) is 20.1 Å². The third-order valence-corrected chi connectivity index (χ3v) is 4.31. The van der Waals surface area contributed by atoms with Crippen LogP contribution in [0, 0.1) is 0 Å². The van der Waals surface area contributed by atoms with Crippen molar-refractivity contribution in [3.8, 4) is 0 Å². The average Bonchev–Trinajstić information content (AvgIpc) is 2.82. The van der Waals surface area contributed by atoms with Gasteiger partial charge in [0.05, 0.1) is 35.1 Å². The number of halogens is 1. The van der Waals surface area contributed by atoms with Crippen LogP contribution in [0.25, 0.3) is 0 Å². The van der Waals surface area contributed by atoms with Gasteiger partial charge in [-0.3, -0.25) is 15.4 Å². The second-order valence-electron chi connectivity index (χ2n) is 5.05. The number of rotatable bonds is 6. The lowest BCUT2D eigenvalue weighted by Crippen LogP contribution is -2.50. The zero-order valence-electron chi connectivity index (χ0n) is 12.2. The molecule has 3 N–H and O–H groups in total. The van der Waals surface area contributed by atoms with Gasteiger partial charge in [-0.25, -0.2) is 5.43 Å². The van der Waals surface area contributed by atoms with Crippen molar-refractivity contribution in [2.75, 3.05) is 26.2 Å². The van der Waals surface area contributed by atoms with E-state index in [0.29, 0.717) is 0 Å². The van der Waals surface area contributed by atoms with Crippen molar-refractivity contribution in [2.45, 2.75) is 39.0 Å². The van der Waals surface area contributed by atoms with Gasteiger partial charge in [-0.05, 0) is 35.8 Å². The molecule has 1 saturated heterocycles. The SMILES string of the molecule is CCCN1CCOC(C(NN)c2c(Br)cnn2CC)C1. The van der Waals surface area contributed by atoms with Gasteiger partial charge in [-0.1, -0.05) is 6.92 Å². The summed E-state index contributed by atoms with van der Waals surface area (Å²) < 4.78 is 8.87. The van der Waals surface area contributed by atoms with Crippen molar-refractivity contribution >= 4 is 15.9 Å². The van der Waals surface area contributed by atoms with Crippen LogP contribution in [0.3, 0.4) is 0 Å². The standard InChI is InChI=1S/C13H24BrN5O/c1-3-5-18-6-7-20-11(9-18)12(17-15)13-10(14)8-16-19(13)4-2/h8,11-12,17H,3-7,9,15H2,1-2H3. The number of ether oxygens (including phenoxy) is 1. The highest BCUT2D eigenvalue weighted by Crippen LogP contribution is 2.28. The summed E-state index contributed by atoms with van der Waals surface area (Å²) in [5, 5.41) is 4.36. The van der Waals surface area contributed by atoms with Crippen LogP contribution in [-0.2, 0) is 11.3 Å². The van der Waals surface area contributed by atoms with Crippen molar-refractivity contribution in [3.05, 3.63) is 16.4 Å². The van der Waals surface area contributed by atoms with E-state index in [-0.39, 0.29) is 12.1 Å². The molecule has 1 aromatic heterocycles. The number of aryl methyl sites for hydroxylation is 1. The van der Waals surface area contributed by atoms with E-state index in [1.165, 1.54) is 0 Å². The van der Waals surface area contributed by atoms with Gasteiger partial charge < -0.3 is 4.74 Å². The molecule has 0 saturated carbocycles. The quantitative estimate of drug-likeness (QED) is 0.600. The van der Waals surface area contributed by atoms with Crippen LogP contribution in [0.1, 0.15) is 32.0 Å². The Hall–Kier alpha value is -0.470. The smallest absolute Gasteiger partial charge is 0.0925 e. The van der Waals surface area contributed by atoms with Crippen molar-refractivity contribution in [1.29, 1.82) is 0 Å². The molecule has 1 aliphatic heterocycles. The number of hydrogen-bond donors (Lipinski definition) is 2. The average molecular weight is 346 g/mol. The van der Waals surface area contributed by atoms with Gasteiger partial charge in [-0.15, -0.1) is 0 Å². The molecule has 1 aliphatic rings. The maximum atomic E-state index is 5.94. The molecule has 0 spiro atoms. The Morgan fingerprint density at radius 2 is 2.40 bits per heavy atom. The molecular formula is C13H24BrN5O. The van der Waals surface area contributed by atoms with E-state index in [9.17, 15) is 0 Å². The van der Waals surface area contributed by atoms with Gasteiger partial charge in [0.1, 0.15) is 0 Å². The summed E-state index contributed by atoms with van der Waals surface area (Å²) in [5.41, 5.74) is 3.96. The van der Waals surface area contributed by atoms with Crippen LogP contribution in [0.2, 0.25) is 0 Å². The van der Waals surface area contributed by atoms with Crippen LogP contribution in [0.4, 0.5) is 0 Å². The van der Waals surface area contributed by atoms with E-state index in [2.05, 4.69) is 45.2 Å². The second kappa shape index (κ2) is 7.51. The summed E-state index contributed by atoms with van der Waals surface area (Å²) in [6, 6.07) is -0.0634. The zero-order chi connectivity index (χ0) is 14.5. The number of nitrogens with two attached hydrogens (primary N) is 1. The lowest BCUT2D eigenvalue weighted by molar-refractivity contribution is -0.0485. The Labute approximate surface area is 128 Å². The lowest BCUT2D eigenvalue weighted by atomic mass is 10.1.